The fourth-order valence-corrected chi connectivity index (χ4v) is 1.41. The van der Waals surface area contributed by atoms with Crippen LogP contribution in [0.4, 0.5) is 9.59 Å². The molecule has 1 atom stereocenters. The molecule has 0 spiro atoms. The predicted octanol–water partition coefficient (Wildman–Crippen LogP) is 2.09. The van der Waals surface area contributed by atoms with Gasteiger partial charge in [0.1, 0.15) is 11.2 Å². The topological polar surface area (TPSA) is 130 Å². The maximum atomic E-state index is 12.2. The molecule has 23 heavy (non-hydrogen) atoms. The van der Waals surface area contributed by atoms with Crippen molar-refractivity contribution in [3.8, 4) is 0 Å². The molecule has 9 heteroatoms. The lowest BCUT2D eigenvalue weighted by atomic mass is 10.1. The molecule has 0 heterocycles. The Kier molecular flexibility index (Phi) is 6.56. The molecule has 0 aromatic rings. The van der Waals surface area contributed by atoms with E-state index in [-0.39, 0.29) is 4.90 Å². The van der Waals surface area contributed by atoms with E-state index in [9.17, 15) is 19.2 Å². The molecule has 0 aromatic heterocycles. The zero-order valence-corrected chi connectivity index (χ0v) is 14.1. The fourth-order valence-electron chi connectivity index (χ4n) is 1.41. The Balaban J connectivity index is 5.67. The molecular formula is C14H23NO8. The molecule has 2 amide bonds. The van der Waals surface area contributed by atoms with E-state index in [0.29, 0.717) is 0 Å². The highest BCUT2D eigenvalue weighted by Gasteiger charge is 2.41. The monoisotopic (exact) mass is 333 g/mol. The number of carboxylic acid groups (broad SMARTS) is 2. The zero-order valence-electron chi connectivity index (χ0n) is 14.1. The maximum absolute atomic E-state index is 12.2. The van der Waals surface area contributed by atoms with Gasteiger partial charge in [-0.25, -0.2) is 14.4 Å². The van der Waals surface area contributed by atoms with Crippen molar-refractivity contribution >= 4 is 24.1 Å². The first-order valence-corrected chi connectivity index (χ1v) is 6.84. The van der Waals surface area contributed by atoms with Crippen LogP contribution in [0.1, 0.15) is 48.0 Å². The minimum atomic E-state index is -1.95. The van der Waals surface area contributed by atoms with E-state index in [2.05, 4.69) is 0 Å². The highest BCUT2D eigenvalue weighted by molar-refractivity contribution is 5.95. The minimum Gasteiger partial charge on any atom is -0.481 e. The molecule has 0 aliphatic heterocycles. The summed E-state index contributed by atoms with van der Waals surface area (Å²) < 4.78 is 9.96. The van der Waals surface area contributed by atoms with Gasteiger partial charge < -0.3 is 19.7 Å². The van der Waals surface area contributed by atoms with Crippen LogP contribution in [0.2, 0.25) is 0 Å². The van der Waals surface area contributed by atoms with Crippen molar-refractivity contribution < 1.29 is 38.9 Å². The van der Waals surface area contributed by atoms with E-state index < -0.39 is 47.8 Å². The van der Waals surface area contributed by atoms with Crippen LogP contribution >= 0.6 is 0 Å². The van der Waals surface area contributed by atoms with E-state index in [1.165, 1.54) is 41.5 Å². The predicted molar refractivity (Wildman–Crippen MR) is 78.0 cm³/mol. The number of carbonyl (C=O) groups is 4. The second kappa shape index (κ2) is 7.30. The number of ether oxygens (including phenoxy) is 2. The second-order valence-electron chi connectivity index (χ2n) is 6.78. The molecule has 0 aromatic carbocycles. The number of hydrogen-bond donors (Lipinski definition) is 2. The highest BCUT2D eigenvalue weighted by Crippen LogP contribution is 2.18. The van der Waals surface area contributed by atoms with Crippen molar-refractivity contribution in [1.82, 2.24) is 4.90 Å². The van der Waals surface area contributed by atoms with Gasteiger partial charge in [0, 0.05) is 0 Å². The van der Waals surface area contributed by atoms with Gasteiger partial charge in [0.25, 0.3) is 0 Å². The molecule has 2 N–H and O–H groups in total. The standard InChI is InChI=1S/C14H23NO8/c1-13(2,3)22-11(20)15(12(21)23-14(4,5)6)8(10(18)19)7-9(16)17/h8H,7H2,1-6H3,(H,16,17)(H,18,19)/t8-/m0/s1. The van der Waals surface area contributed by atoms with Gasteiger partial charge in [0.2, 0.25) is 0 Å². The first-order chi connectivity index (χ1) is 10.1. The summed E-state index contributed by atoms with van der Waals surface area (Å²) >= 11 is 0. The minimum absolute atomic E-state index is 0.174. The maximum Gasteiger partial charge on any atom is 0.420 e. The molecule has 0 fully saturated rings. The Bertz CT molecular complexity index is 458. The van der Waals surface area contributed by atoms with Crippen molar-refractivity contribution in [2.75, 3.05) is 0 Å². The molecule has 0 saturated carbocycles. The number of imide groups is 1. The number of carbonyl (C=O) groups excluding carboxylic acids is 2. The summed E-state index contributed by atoms with van der Waals surface area (Å²) in [4.78, 5) is 46.6. The molecule has 0 aliphatic carbocycles. The normalized spacial score (nSPS) is 13.0. The molecule has 0 bridgehead atoms. The van der Waals surface area contributed by atoms with Gasteiger partial charge >= 0.3 is 24.1 Å². The summed E-state index contributed by atoms with van der Waals surface area (Å²) in [5.41, 5.74) is -2.02. The van der Waals surface area contributed by atoms with Crippen LogP contribution in [0.15, 0.2) is 0 Å². The zero-order chi connectivity index (χ0) is 18.6. The molecule has 9 nitrogen and oxygen atoms in total. The van der Waals surface area contributed by atoms with Gasteiger partial charge in [-0.3, -0.25) is 4.79 Å². The summed E-state index contributed by atoms with van der Waals surface area (Å²) in [6, 6.07) is -1.95. The van der Waals surface area contributed by atoms with E-state index in [1.54, 1.807) is 0 Å². The summed E-state index contributed by atoms with van der Waals surface area (Å²) in [5.74, 6) is -3.15. The SMILES string of the molecule is CC(C)(C)OC(=O)N(C(=O)OC(C)(C)C)[C@@H](CC(=O)O)C(=O)O. The Morgan fingerprint density at radius 1 is 0.870 bits per heavy atom. The van der Waals surface area contributed by atoms with Crippen LogP contribution in [-0.4, -0.2) is 56.5 Å². The molecule has 0 rings (SSSR count). The van der Waals surface area contributed by atoms with Gasteiger partial charge in [0.15, 0.2) is 6.04 Å². The lowest BCUT2D eigenvalue weighted by Gasteiger charge is -2.31. The van der Waals surface area contributed by atoms with Crippen molar-refractivity contribution in [3.05, 3.63) is 0 Å². The van der Waals surface area contributed by atoms with E-state index in [4.69, 9.17) is 19.7 Å². The summed E-state index contributed by atoms with van der Waals surface area (Å²) in [5, 5.41) is 18.0. The summed E-state index contributed by atoms with van der Waals surface area (Å²) in [7, 11) is 0. The van der Waals surface area contributed by atoms with Crippen LogP contribution < -0.4 is 0 Å². The number of nitrogens with zero attached hydrogens (tertiary/aromatic N) is 1. The van der Waals surface area contributed by atoms with Gasteiger partial charge in [-0.1, -0.05) is 0 Å². The Morgan fingerprint density at radius 3 is 1.43 bits per heavy atom. The average molecular weight is 333 g/mol. The molecular weight excluding hydrogens is 310 g/mol. The van der Waals surface area contributed by atoms with Crippen LogP contribution in [0.5, 0.6) is 0 Å². The summed E-state index contributed by atoms with van der Waals surface area (Å²) in [6.45, 7) is 9.11. The van der Waals surface area contributed by atoms with Crippen molar-refractivity contribution in [2.24, 2.45) is 0 Å². The van der Waals surface area contributed by atoms with E-state index in [1.807, 2.05) is 0 Å². The molecule has 0 saturated heterocycles. The third kappa shape index (κ3) is 8.03. The molecule has 0 aliphatic rings. The summed E-state index contributed by atoms with van der Waals surface area (Å²) in [6.07, 6.45) is -3.56. The number of hydrogen-bond acceptors (Lipinski definition) is 6. The van der Waals surface area contributed by atoms with Crippen molar-refractivity contribution in [2.45, 2.75) is 65.2 Å². The molecule has 0 radical (unpaired) electrons. The Labute approximate surface area is 134 Å². The number of amides is 2. The largest absolute Gasteiger partial charge is 0.481 e. The first-order valence-electron chi connectivity index (χ1n) is 6.84. The van der Waals surface area contributed by atoms with Crippen LogP contribution in [0.25, 0.3) is 0 Å². The number of rotatable bonds is 4. The highest BCUT2D eigenvalue weighted by atomic mass is 16.6. The second-order valence-corrected chi connectivity index (χ2v) is 6.78. The molecule has 132 valence electrons. The fraction of sp³-hybridized carbons (Fsp3) is 0.714. The van der Waals surface area contributed by atoms with Gasteiger partial charge in [-0.15, -0.1) is 0 Å². The van der Waals surface area contributed by atoms with Crippen LogP contribution in [-0.2, 0) is 19.1 Å². The van der Waals surface area contributed by atoms with Gasteiger partial charge in [-0.05, 0) is 41.5 Å². The smallest absolute Gasteiger partial charge is 0.420 e. The Hall–Kier alpha value is -2.32. The number of aliphatic carboxylic acids is 2. The quantitative estimate of drug-likeness (QED) is 0.799. The third-order valence-corrected chi connectivity index (χ3v) is 2.15. The van der Waals surface area contributed by atoms with Gasteiger partial charge in [-0.2, -0.15) is 4.90 Å². The van der Waals surface area contributed by atoms with E-state index >= 15 is 0 Å². The van der Waals surface area contributed by atoms with Gasteiger partial charge in [0.05, 0.1) is 6.42 Å². The Morgan fingerprint density at radius 2 is 1.22 bits per heavy atom. The molecule has 0 unspecified atom stereocenters. The van der Waals surface area contributed by atoms with Crippen molar-refractivity contribution in [3.63, 3.8) is 0 Å². The van der Waals surface area contributed by atoms with E-state index in [0.717, 1.165) is 0 Å². The van der Waals surface area contributed by atoms with Crippen LogP contribution in [0, 0.1) is 0 Å². The van der Waals surface area contributed by atoms with Crippen LogP contribution in [0.3, 0.4) is 0 Å². The number of carboxylic acids is 2. The third-order valence-electron chi connectivity index (χ3n) is 2.15. The lowest BCUT2D eigenvalue weighted by Crippen LogP contribution is -2.52. The average Bonchev–Trinajstić information content (AvgIpc) is 2.21. The first kappa shape index (κ1) is 20.7. The lowest BCUT2D eigenvalue weighted by molar-refractivity contribution is -0.149. The van der Waals surface area contributed by atoms with Crippen molar-refractivity contribution in [1.29, 1.82) is 0 Å².